The fourth-order valence-electron chi connectivity index (χ4n) is 4.58. The first-order valence-electron chi connectivity index (χ1n) is 11.5. The van der Waals surface area contributed by atoms with Gasteiger partial charge in [-0.3, -0.25) is 0 Å². The molecule has 0 amide bonds. The number of benzene rings is 2. The van der Waals surface area contributed by atoms with Crippen LogP contribution in [-0.4, -0.2) is 27.6 Å². The van der Waals surface area contributed by atoms with Gasteiger partial charge in [-0.2, -0.15) is 0 Å². The van der Waals surface area contributed by atoms with Crippen LogP contribution in [0.25, 0.3) is 21.8 Å². The molecule has 0 saturated heterocycles. The lowest BCUT2D eigenvalue weighted by Crippen LogP contribution is -2.07. The summed E-state index contributed by atoms with van der Waals surface area (Å²) in [6.07, 6.45) is 2.35. The number of para-hydroxylation sites is 2. The predicted octanol–water partition coefficient (Wildman–Crippen LogP) is 8.99. The van der Waals surface area contributed by atoms with Gasteiger partial charge in [0.2, 0.25) is 0 Å². The molecule has 1 heterocycles. The van der Waals surface area contributed by atoms with Crippen molar-refractivity contribution in [3.8, 4) is 0 Å². The Morgan fingerprint density at radius 1 is 0.600 bits per heavy atom. The van der Waals surface area contributed by atoms with Crippen LogP contribution in [0, 0.1) is 0 Å². The van der Waals surface area contributed by atoms with Crippen LogP contribution in [0.15, 0.2) is 42.5 Å². The van der Waals surface area contributed by atoms with Crippen LogP contribution in [0.1, 0.15) is 66.5 Å². The van der Waals surface area contributed by atoms with E-state index in [0.717, 1.165) is 22.6 Å². The van der Waals surface area contributed by atoms with E-state index < -0.39 is 0 Å². The van der Waals surface area contributed by atoms with Crippen LogP contribution in [0.4, 0.5) is 0 Å². The largest absolute Gasteiger partial charge is 0.247 e. The molecule has 0 unspecified atom stereocenters. The molecular formula is C27H39NP2. The molecule has 0 atom stereocenters. The second-order valence-corrected chi connectivity index (χ2v) is 16.5. The fraction of sp³-hybridized carbons (Fsp3) is 0.519. The quantitative estimate of drug-likeness (QED) is 0.252. The zero-order valence-corrected chi connectivity index (χ0v) is 21.9. The van der Waals surface area contributed by atoms with Crippen molar-refractivity contribution >= 4 is 37.6 Å². The molecule has 1 aromatic heterocycles. The standard InChI is InChI=1S/C27H39NP2/c1-18(2)29(19(3)4)16-24-13-9-11-22-15-23-12-10-14-25(27(23)28-26(22)24)17-30(20(5)6)21(7)8/h9-15,18-21H,16-17H2,1-8H3. The average Bonchev–Trinajstić information content (AvgIpc) is 2.67. The molecule has 3 heteroatoms. The van der Waals surface area contributed by atoms with Gasteiger partial charge in [-0.15, -0.1) is 0 Å². The maximum Gasteiger partial charge on any atom is 0.0745 e. The van der Waals surface area contributed by atoms with E-state index in [4.69, 9.17) is 4.98 Å². The highest BCUT2D eigenvalue weighted by molar-refractivity contribution is 7.58. The predicted molar refractivity (Wildman–Crippen MR) is 141 cm³/mol. The molecule has 0 N–H and O–H groups in total. The summed E-state index contributed by atoms with van der Waals surface area (Å²) in [5, 5.41) is 2.57. The second-order valence-electron chi connectivity index (χ2n) is 9.69. The second kappa shape index (κ2) is 10.1. The molecule has 0 aliphatic heterocycles. The SMILES string of the molecule is CC(C)P(Cc1cccc2cc3cccc(CP(C(C)C)C(C)C)c3nc12)C(C)C. The molecule has 0 fully saturated rings. The van der Waals surface area contributed by atoms with Gasteiger partial charge in [0, 0.05) is 10.8 Å². The van der Waals surface area contributed by atoms with Gasteiger partial charge in [0.15, 0.2) is 0 Å². The molecule has 30 heavy (non-hydrogen) atoms. The van der Waals surface area contributed by atoms with E-state index in [1.165, 1.54) is 45.3 Å². The third-order valence-electron chi connectivity index (χ3n) is 6.20. The first-order valence-corrected chi connectivity index (χ1v) is 14.8. The Balaban J connectivity index is 2.11. The van der Waals surface area contributed by atoms with Crippen molar-refractivity contribution in [3.63, 3.8) is 0 Å². The Bertz CT molecular complexity index is 898. The molecule has 0 spiro atoms. The van der Waals surface area contributed by atoms with E-state index in [1.54, 1.807) is 0 Å². The highest BCUT2D eigenvalue weighted by Crippen LogP contribution is 2.51. The molecule has 3 aromatic rings. The van der Waals surface area contributed by atoms with Crippen molar-refractivity contribution in [1.82, 2.24) is 4.98 Å². The van der Waals surface area contributed by atoms with Crippen molar-refractivity contribution in [2.45, 2.75) is 90.3 Å². The highest BCUT2D eigenvalue weighted by atomic mass is 31.1. The lowest BCUT2D eigenvalue weighted by atomic mass is 10.1. The Labute approximate surface area is 186 Å². The number of hydrogen-bond acceptors (Lipinski definition) is 1. The Morgan fingerprint density at radius 2 is 0.967 bits per heavy atom. The van der Waals surface area contributed by atoms with Crippen molar-refractivity contribution < 1.29 is 0 Å². The van der Waals surface area contributed by atoms with Crippen LogP contribution >= 0.6 is 15.8 Å². The minimum absolute atomic E-state index is 0.0470. The summed E-state index contributed by atoms with van der Waals surface area (Å²) in [5.41, 5.74) is 8.30. The molecule has 0 aliphatic rings. The molecule has 1 nitrogen and oxygen atoms in total. The maximum atomic E-state index is 5.34. The monoisotopic (exact) mass is 439 g/mol. The minimum atomic E-state index is -0.0470. The summed E-state index contributed by atoms with van der Waals surface area (Å²) in [6.45, 7) is 19.1. The van der Waals surface area contributed by atoms with E-state index in [-0.39, 0.29) is 15.8 Å². The van der Waals surface area contributed by atoms with Gasteiger partial charge in [-0.25, -0.2) is 4.98 Å². The van der Waals surface area contributed by atoms with E-state index in [9.17, 15) is 0 Å². The summed E-state index contributed by atoms with van der Waals surface area (Å²) in [6, 6.07) is 15.9. The van der Waals surface area contributed by atoms with Crippen molar-refractivity contribution in [2.24, 2.45) is 0 Å². The number of aromatic nitrogens is 1. The summed E-state index contributed by atoms with van der Waals surface area (Å²) in [5.74, 6) is 0. The van der Waals surface area contributed by atoms with Gasteiger partial charge in [-0.1, -0.05) is 108 Å². The summed E-state index contributed by atoms with van der Waals surface area (Å²) in [4.78, 5) is 5.34. The van der Waals surface area contributed by atoms with E-state index in [2.05, 4.69) is 97.9 Å². The highest BCUT2D eigenvalue weighted by Gasteiger charge is 2.21. The molecule has 3 rings (SSSR count). The zero-order valence-electron chi connectivity index (χ0n) is 20.1. The smallest absolute Gasteiger partial charge is 0.0745 e. The Morgan fingerprint density at radius 3 is 1.30 bits per heavy atom. The maximum absolute atomic E-state index is 5.34. The van der Waals surface area contributed by atoms with Crippen molar-refractivity contribution in [3.05, 3.63) is 53.6 Å². The average molecular weight is 440 g/mol. The van der Waals surface area contributed by atoms with Gasteiger partial charge in [0.25, 0.3) is 0 Å². The van der Waals surface area contributed by atoms with E-state index in [0.29, 0.717) is 0 Å². The van der Waals surface area contributed by atoms with Crippen LogP contribution in [0.5, 0.6) is 0 Å². The van der Waals surface area contributed by atoms with Crippen LogP contribution in [-0.2, 0) is 12.3 Å². The third kappa shape index (κ3) is 5.23. The van der Waals surface area contributed by atoms with E-state index in [1.807, 2.05) is 0 Å². The van der Waals surface area contributed by atoms with Crippen molar-refractivity contribution in [2.75, 3.05) is 0 Å². The summed E-state index contributed by atoms with van der Waals surface area (Å²) < 4.78 is 0. The normalized spacial score (nSPS) is 12.7. The third-order valence-corrected chi connectivity index (χ3v) is 12.9. The lowest BCUT2D eigenvalue weighted by molar-refractivity contribution is 0.996. The molecule has 0 saturated carbocycles. The first-order chi connectivity index (χ1) is 14.2. The van der Waals surface area contributed by atoms with Gasteiger partial charge in [0.1, 0.15) is 0 Å². The van der Waals surface area contributed by atoms with Gasteiger partial charge in [-0.05, 0) is 52.2 Å². The number of fused-ring (bicyclic) bond motifs is 2. The molecule has 162 valence electrons. The fourth-order valence-corrected chi connectivity index (χ4v) is 9.72. The lowest BCUT2D eigenvalue weighted by Gasteiger charge is -2.27. The number of pyridine rings is 1. The molecule has 2 aromatic carbocycles. The van der Waals surface area contributed by atoms with Crippen LogP contribution in [0.3, 0.4) is 0 Å². The molecular weight excluding hydrogens is 400 g/mol. The minimum Gasteiger partial charge on any atom is -0.247 e. The van der Waals surface area contributed by atoms with Gasteiger partial charge >= 0.3 is 0 Å². The number of hydrogen-bond donors (Lipinski definition) is 0. The molecule has 0 radical (unpaired) electrons. The summed E-state index contributed by atoms with van der Waals surface area (Å²) >= 11 is 0. The first kappa shape index (κ1) is 23.6. The Kier molecular flexibility index (Phi) is 7.92. The Hall–Kier alpha value is -1.03. The van der Waals surface area contributed by atoms with Gasteiger partial charge in [0.05, 0.1) is 11.0 Å². The zero-order chi connectivity index (χ0) is 22.0. The number of rotatable bonds is 8. The molecule has 0 aliphatic carbocycles. The van der Waals surface area contributed by atoms with Gasteiger partial charge < -0.3 is 0 Å². The topological polar surface area (TPSA) is 12.9 Å². The summed E-state index contributed by atoms with van der Waals surface area (Å²) in [7, 11) is -0.0940. The van der Waals surface area contributed by atoms with E-state index >= 15 is 0 Å². The number of nitrogens with zero attached hydrogens (tertiary/aromatic N) is 1. The van der Waals surface area contributed by atoms with Crippen molar-refractivity contribution in [1.29, 1.82) is 0 Å². The van der Waals surface area contributed by atoms with Crippen LogP contribution in [0.2, 0.25) is 0 Å². The van der Waals surface area contributed by atoms with Crippen LogP contribution < -0.4 is 0 Å². The molecule has 0 bridgehead atoms.